The Bertz CT molecular complexity index is 3180. The topological polar surface area (TPSA) is 166 Å². The Morgan fingerprint density at radius 2 is 0.675 bits per heavy atom. The number of ether oxygens (including phenoxy) is 2. The fourth-order valence-electron chi connectivity index (χ4n) is 14.6. The van der Waals surface area contributed by atoms with Gasteiger partial charge in [-0.25, -0.2) is 0 Å². The summed E-state index contributed by atoms with van der Waals surface area (Å²) in [5.41, 5.74) is 17.4. The zero-order valence-electron chi connectivity index (χ0n) is 84.6. The molecular formula is C100H186F4N14O2. The molecule has 6 unspecified atom stereocenters. The van der Waals surface area contributed by atoms with Crippen molar-refractivity contribution in [2.45, 2.75) is 414 Å². The summed E-state index contributed by atoms with van der Waals surface area (Å²) in [5.74, 6) is -5.79. The quantitative estimate of drug-likeness (QED) is 0.0850. The van der Waals surface area contributed by atoms with E-state index in [2.05, 4.69) is 131 Å². The predicted molar refractivity (Wildman–Crippen MR) is 513 cm³/mol. The van der Waals surface area contributed by atoms with E-state index in [1.807, 2.05) is 220 Å². The minimum atomic E-state index is -2.82. The summed E-state index contributed by atoms with van der Waals surface area (Å²) in [6, 6.07) is 18.3. The van der Waals surface area contributed by atoms with Crippen LogP contribution in [-0.4, -0.2) is 110 Å². The molecule has 12 rings (SSSR count). The van der Waals surface area contributed by atoms with Gasteiger partial charge in [0.15, 0.2) is 11.4 Å². The minimum Gasteiger partial charge on any atom is -0.378 e. The number of dihydropyridines is 2. The monoisotopic (exact) mass is 1690 g/mol. The number of hydrogen-bond donors (Lipinski definition) is 0. The Labute approximate surface area is 735 Å². The van der Waals surface area contributed by atoms with Crippen molar-refractivity contribution in [2.75, 3.05) is 26.3 Å². The van der Waals surface area contributed by atoms with Crippen LogP contribution in [0, 0.1) is 37.5 Å². The van der Waals surface area contributed by atoms with Crippen molar-refractivity contribution in [3.05, 3.63) is 140 Å². The average Bonchev–Trinajstić information content (AvgIpc) is 1.65. The number of nitrogens with zero attached hydrogens (tertiary/aromatic N) is 14. The second kappa shape index (κ2) is 78.4. The summed E-state index contributed by atoms with van der Waals surface area (Å²) >= 11 is 0. The van der Waals surface area contributed by atoms with Gasteiger partial charge in [0.25, 0.3) is 11.8 Å². The van der Waals surface area contributed by atoms with E-state index in [0.717, 1.165) is 63.4 Å². The predicted octanol–water partition coefficient (Wildman–Crippen LogP) is 29.4. The largest absolute Gasteiger partial charge is 0.378 e. The fraction of sp³-hybridized carbons (Fsp3) is 0.740. The molecule has 0 saturated heterocycles. The minimum absolute atomic E-state index is 0.0958. The van der Waals surface area contributed by atoms with Gasteiger partial charge in [-0.1, -0.05) is 311 Å². The molecule has 6 heterocycles. The van der Waals surface area contributed by atoms with E-state index in [9.17, 15) is 17.6 Å². The highest BCUT2D eigenvalue weighted by Gasteiger charge is 2.47. The molecule has 20 heteroatoms. The van der Waals surface area contributed by atoms with E-state index in [0.29, 0.717) is 74.0 Å². The Hall–Kier alpha value is -6.54. The Morgan fingerprint density at radius 1 is 0.367 bits per heavy atom. The maximum absolute atomic E-state index is 14.2. The molecule has 0 radical (unpaired) electrons. The van der Waals surface area contributed by atoms with E-state index in [-0.39, 0.29) is 11.4 Å². The third-order valence-corrected chi connectivity index (χ3v) is 19.9. The number of allylic oxidation sites excluding steroid dienone is 2. The van der Waals surface area contributed by atoms with Crippen LogP contribution in [0.2, 0.25) is 0 Å². The van der Waals surface area contributed by atoms with Crippen molar-refractivity contribution >= 4 is 11.4 Å². The lowest BCUT2D eigenvalue weighted by Gasteiger charge is -2.32. The van der Waals surface area contributed by atoms with Crippen LogP contribution >= 0.6 is 0 Å². The molecule has 0 bridgehead atoms. The summed E-state index contributed by atoms with van der Waals surface area (Å²) in [7, 11) is 7.06. The molecule has 0 amide bonds. The van der Waals surface area contributed by atoms with E-state index < -0.39 is 23.7 Å². The molecule has 696 valence electrons. The normalized spacial score (nSPS) is 18.4. The summed E-state index contributed by atoms with van der Waals surface area (Å²) < 4.78 is 75.0. The van der Waals surface area contributed by atoms with Crippen molar-refractivity contribution in [3.8, 4) is 0 Å². The highest BCUT2D eigenvalue weighted by atomic mass is 19.3. The average molecular weight is 1690 g/mol. The molecule has 2 fully saturated rings. The van der Waals surface area contributed by atoms with Gasteiger partial charge in [0.2, 0.25) is 0 Å². The van der Waals surface area contributed by atoms with Gasteiger partial charge in [-0.05, 0) is 192 Å². The van der Waals surface area contributed by atoms with E-state index in [4.69, 9.17) is 19.5 Å². The number of alkyl halides is 4. The first-order chi connectivity index (χ1) is 58.2. The van der Waals surface area contributed by atoms with E-state index >= 15 is 0 Å². The number of hydrogen-bond acceptors (Lipinski definition) is 12. The fourth-order valence-corrected chi connectivity index (χ4v) is 14.6. The first-order valence-electron chi connectivity index (χ1n) is 48.2. The number of fused-ring (bicyclic) bond motifs is 4. The van der Waals surface area contributed by atoms with Crippen LogP contribution in [0.4, 0.5) is 17.6 Å². The van der Waals surface area contributed by atoms with Crippen molar-refractivity contribution in [1.82, 2.24) is 60.0 Å². The second-order valence-corrected chi connectivity index (χ2v) is 27.1. The number of benzene rings is 2. The molecule has 120 heavy (non-hydrogen) atoms. The number of aromatic nitrogens is 12. The van der Waals surface area contributed by atoms with E-state index in [1.165, 1.54) is 144 Å². The Kier molecular flexibility index (Phi) is 81.2. The van der Waals surface area contributed by atoms with Crippen molar-refractivity contribution < 1.29 is 27.0 Å². The number of aryl methyl sites for hydroxylation is 8. The number of rotatable bonds is 12. The van der Waals surface area contributed by atoms with Gasteiger partial charge < -0.3 is 9.47 Å². The highest BCUT2D eigenvalue weighted by molar-refractivity contribution is 6.05. The van der Waals surface area contributed by atoms with Gasteiger partial charge in [-0.2, -0.15) is 17.6 Å². The maximum Gasteiger partial charge on any atom is 0.296 e. The maximum atomic E-state index is 14.2. The first kappa shape index (κ1) is 124. The Morgan fingerprint density at radius 3 is 0.925 bits per heavy atom. The standard InChI is InChI=1S/2C23H33NO.2C11H17F2N3.2C4H7N3.12C2H6/c2*1-4-7-18-10-12-19(13-11-18)23-22-9-6-8-20(25-5-2)14-15-21(22)17(3)16-24-23;2*1-3-8-6-4-5-7-9-10(11(8,12)13)14-15-16(9)2;2*1-4-3-7(2)6-5-4;12*1-2/h2*10-13,20,22H,4-9,14-16H2,1-3H3;2*8H,3-7H2,1-2H3;2*3H,1-2H3;12*1-2H3. The van der Waals surface area contributed by atoms with Crippen LogP contribution in [0.15, 0.2) is 93.2 Å². The third-order valence-electron chi connectivity index (χ3n) is 19.9. The van der Waals surface area contributed by atoms with Crippen LogP contribution in [0.3, 0.4) is 0 Å². The van der Waals surface area contributed by atoms with Crippen molar-refractivity contribution in [2.24, 2.45) is 61.8 Å². The third kappa shape index (κ3) is 44.2. The van der Waals surface area contributed by atoms with Crippen LogP contribution in [-0.2, 0) is 75.2 Å². The molecule has 6 aliphatic rings. The van der Waals surface area contributed by atoms with Crippen LogP contribution in [0.5, 0.6) is 0 Å². The molecule has 4 aliphatic carbocycles. The molecule has 0 N–H and O–H groups in total. The summed E-state index contributed by atoms with van der Waals surface area (Å²) in [6.45, 7) is 72.1. The van der Waals surface area contributed by atoms with Gasteiger partial charge in [-0.3, -0.25) is 28.7 Å². The summed E-state index contributed by atoms with van der Waals surface area (Å²) in [5, 5.41) is 29.6. The lowest BCUT2D eigenvalue weighted by molar-refractivity contribution is -0.0769. The molecule has 4 aromatic heterocycles. The highest BCUT2D eigenvalue weighted by Crippen LogP contribution is 2.45. The Balaban J connectivity index is -0.000000319. The SMILES string of the molecule is CC.CC.CC.CC.CC.CC.CC.CC.CC.CC.CC.CC.CCC1CCCCc2c(nnn2C)C1(F)F.CCC1CCCCc2c(nnn2C)C1(F)F.CCCc1ccc(C2=NCC(C)=C3CCC(OCC)CCCC23)cc1.CCCc1ccc(C2=NCC(C)=C3CCC(OCC)CCCC23)cc1.Cc1cn(C)nn1.Cc1cn(C)nn1. The van der Waals surface area contributed by atoms with Crippen molar-refractivity contribution in [3.63, 3.8) is 0 Å². The van der Waals surface area contributed by atoms with Gasteiger partial charge in [0.1, 0.15) is 0 Å². The molecule has 6 atom stereocenters. The molecular weight excluding hydrogens is 1510 g/mol. The lowest BCUT2D eigenvalue weighted by Crippen LogP contribution is -2.29. The van der Waals surface area contributed by atoms with Gasteiger partial charge >= 0.3 is 0 Å². The van der Waals surface area contributed by atoms with Crippen LogP contribution in [0.1, 0.15) is 406 Å². The summed E-state index contributed by atoms with van der Waals surface area (Å²) in [6.07, 6.45) is 28.4. The van der Waals surface area contributed by atoms with E-state index in [1.54, 1.807) is 34.6 Å². The zero-order valence-corrected chi connectivity index (χ0v) is 84.6. The van der Waals surface area contributed by atoms with Gasteiger partial charge in [0.05, 0.1) is 48.1 Å². The first-order valence-corrected chi connectivity index (χ1v) is 48.2. The second-order valence-electron chi connectivity index (χ2n) is 27.1. The zero-order chi connectivity index (χ0) is 93.4. The molecule has 2 saturated carbocycles. The molecule has 2 aromatic carbocycles. The van der Waals surface area contributed by atoms with Crippen LogP contribution < -0.4 is 0 Å². The molecule has 2 aliphatic heterocycles. The van der Waals surface area contributed by atoms with Crippen LogP contribution in [0.25, 0.3) is 0 Å². The summed E-state index contributed by atoms with van der Waals surface area (Å²) in [4.78, 5) is 9.99. The number of halogens is 4. The van der Waals surface area contributed by atoms with Gasteiger partial charge in [-0.15, -0.1) is 20.4 Å². The smallest absolute Gasteiger partial charge is 0.296 e. The van der Waals surface area contributed by atoms with Crippen molar-refractivity contribution in [1.29, 1.82) is 0 Å². The lowest BCUT2D eigenvalue weighted by atomic mass is 9.77. The number of aliphatic imine (C=N–C) groups is 2. The molecule has 6 aromatic rings. The molecule has 0 spiro atoms. The van der Waals surface area contributed by atoms with Gasteiger partial charge in [0, 0.05) is 88.9 Å². The molecule has 16 nitrogen and oxygen atoms in total.